The van der Waals surface area contributed by atoms with Gasteiger partial charge in [0.2, 0.25) is 0 Å². The van der Waals surface area contributed by atoms with Gasteiger partial charge in [0.1, 0.15) is 17.4 Å². The molecule has 5 nitrogen and oxygen atoms in total. The average Bonchev–Trinajstić information content (AvgIpc) is 2.87. The first-order valence-corrected chi connectivity index (χ1v) is 12.5. The van der Waals surface area contributed by atoms with Gasteiger partial charge in [-0.2, -0.15) is 10.2 Å². The first-order valence-electron chi connectivity index (χ1n) is 12.5. The van der Waals surface area contributed by atoms with Gasteiger partial charge in [-0.25, -0.2) is 4.39 Å². The van der Waals surface area contributed by atoms with Crippen LogP contribution in [0.2, 0.25) is 0 Å². The highest BCUT2D eigenvalue weighted by molar-refractivity contribution is 5.71. The molecule has 0 aliphatic carbocycles. The first kappa shape index (κ1) is 25.8. The largest absolute Gasteiger partial charge is 0.491 e. The van der Waals surface area contributed by atoms with Gasteiger partial charge < -0.3 is 9.30 Å². The molecule has 1 aromatic heterocycles. The van der Waals surface area contributed by atoms with Crippen molar-refractivity contribution in [2.24, 2.45) is 0 Å². The minimum absolute atomic E-state index is 0.0555. The predicted molar refractivity (Wildman–Crippen MR) is 144 cm³/mol. The highest BCUT2D eigenvalue weighted by Crippen LogP contribution is 2.28. The van der Waals surface area contributed by atoms with E-state index in [-0.39, 0.29) is 11.7 Å². The number of hydrogen-bond acceptors (Lipinski definition) is 4. The van der Waals surface area contributed by atoms with Crippen LogP contribution >= 0.6 is 0 Å². The molecule has 0 saturated heterocycles. The summed E-state index contributed by atoms with van der Waals surface area (Å²) in [5.41, 5.74) is 3.91. The van der Waals surface area contributed by atoms with Gasteiger partial charge >= 0.3 is 0 Å². The Labute approximate surface area is 216 Å². The summed E-state index contributed by atoms with van der Waals surface area (Å²) in [6, 6.07) is 21.6. The van der Waals surface area contributed by atoms with E-state index in [0.717, 1.165) is 29.0 Å². The van der Waals surface area contributed by atoms with E-state index in [9.17, 15) is 10.1 Å². The molecule has 0 aliphatic heterocycles. The highest BCUT2D eigenvalue weighted by atomic mass is 19.1. The Morgan fingerprint density at radius 1 is 1.05 bits per heavy atom. The van der Waals surface area contributed by atoms with E-state index in [0.29, 0.717) is 41.0 Å². The summed E-state index contributed by atoms with van der Waals surface area (Å²) in [4.78, 5) is 17.5. The van der Waals surface area contributed by atoms with Gasteiger partial charge in [0.25, 0.3) is 5.56 Å². The Balaban J connectivity index is 1.74. The molecule has 37 heavy (non-hydrogen) atoms. The van der Waals surface area contributed by atoms with Crippen molar-refractivity contribution in [3.05, 3.63) is 106 Å². The lowest BCUT2D eigenvalue weighted by Crippen LogP contribution is -2.23. The quantitative estimate of drug-likeness (QED) is 0.273. The number of nitriles is 1. The van der Waals surface area contributed by atoms with E-state index >= 15 is 4.39 Å². The van der Waals surface area contributed by atoms with Gasteiger partial charge in [-0.3, -0.25) is 4.79 Å². The molecule has 0 N–H and O–H groups in total. The molecule has 1 heterocycles. The van der Waals surface area contributed by atoms with Crippen molar-refractivity contribution in [1.82, 2.24) is 9.55 Å². The molecule has 0 radical (unpaired) electrons. The summed E-state index contributed by atoms with van der Waals surface area (Å²) in [6.07, 6.45) is 1.51. The van der Waals surface area contributed by atoms with Crippen molar-refractivity contribution in [1.29, 1.82) is 5.26 Å². The molecular formula is C31H30FN3O2. The van der Waals surface area contributed by atoms with Gasteiger partial charge in [-0.05, 0) is 62.6 Å². The number of halogens is 1. The van der Waals surface area contributed by atoms with E-state index in [4.69, 9.17) is 4.74 Å². The highest BCUT2D eigenvalue weighted by Gasteiger charge is 2.17. The Morgan fingerprint density at radius 3 is 2.43 bits per heavy atom. The third-order valence-corrected chi connectivity index (χ3v) is 6.22. The monoisotopic (exact) mass is 495 g/mol. The zero-order valence-corrected chi connectivity index (χ0v) is 21.6. The minimum atomic E-state index is -0.398. The van der Waals surface area contributed by atoms with Crippen LogP contribution in [0.3, 0.4) is 0 Å². The third kappa shape index (κ3) is 5.62. The predicted octanol–water partition coefficient (Wildman–Crippen LogP) is 6.68. The second-order valence-electron chi connectivity index (χ2n) is 9.29. The molecule has 0 spiro atoms. The fourth-order valence-electron chi connectivity index (χ4n) is 4.52. The lowest BCUT2D eigenvalue weighted by molar-refractivity contribution is 0.242. The van der Waals surface area contributed by atoms with Crippen LogP contribution in [-0.4, -0.2) is 15.7 Å². The van der Waals surface area contributed by atoms with Crippen molar-refractivity contribution in [2.45, 2.75) is 53.2 Å². The lowest BCUT2D eigenvalue weighted by atomic mass is 9.98. The number of hydrogen-bond donors (Lipinski definition) is 0. The van der Waals surface area contributed by atoms with Crippen LogP contribution < -0.4 is 10.3 Å². The Morgan fingerprint density at radius 2 is 1.78 bits per heavy atom. The molecule has 0 bridgehead atoms. The van der Waals surface area contributed by atoms with Crippen molar-refractivity contribution in [2.75, 3.05) is 0 Å². The zero-order valence-electron chi connectivity index (χ0n) is 21.6. The number of rotatable bonds is 8. The van der Waals surface area contributed by atoms with Crippen molar-refractivity contribution < 1.29 is 9.13 Å². The van der Waals surface area contributed by atoms with Crippen LogP contribution in [0.4, 0.5) is 4.39 Å². The first-order chi connectivity index (χ1) is 17.8. The standard InChI is InChI=1S/C31H30FN3O2/c1-5-8-29-34-31(36)30(23-12-14-25(15-13-23)37-20(2)3)21(4)35(29)19-22-11-16-27(28(32)17-22)26-10-7-6-9-24(26)18-33/h6-7,9-17,20H,5,8,19H2,1-4H3. The second kappa shape index (κ2) is 11.2. The van der Waals surface area contributed by atoms with Crippen molar-refractivity contribution >= 4 is 0 Å². The number of nitrogens with zero attached hydrogens (tertiary/aromatic N) is 3. The van der Waals surface area contributed by atoms with Crippen molar-refractivity contribution in [3.8, 4) is 34.1 Å². The number of benzene rings is 3. The van der Waals surface area contributed by atoms with Crippen LogP contribution in [0.25, 0.3) is 22.3 Å². The molecule has 3 aromatic carbocycles. The molecule has 0 amide bonds. The average molecular weight is 496 g/mol. The normalized spacial score (nSPS) is 10.9. The molecule has 6 heteroatoms. The zero-order chi connectivity index (χ0) is 26.5. The number of aromatic nitrogens is 2. The summed E-state index contributed by atoms with van der Waals surface area (Å²) in [5.74, 6) is 1.01. The van der Waals surface area contributed by atoms with E-state index in [1.54, 1.807) is 30.3 Å². The Bertz CT molecular complexity index is 1520. The maximum Gasteiger partial charge on any atom is 0.281 e. The summed E-state index contributed by atoms with van der Waals surface area (Å²) >= 11 is 0. The van der Waals surface area contributed by atoms with Crippen LogP contribution in [0.15, 0.2) is 71.5 Å². The lowest BCUT2D eigenvalue weighted by Gasteiger charge is -2.19. The maximum atomic E-state index is 15.2. The molecule has 0 fully saturated rings. The summed E-state index contributed by atoms with van der Waals surface area (Å²) in [6.45, 7) is 8.24. The number of aryl methyl sites for hydroxylation is 1. The van der Waals surface area contributed by atoms with Gasteiger partial charge in [-0.1, -0.05) is 49.4 Å². The van der Waals surface area contributed by atoms with Crippen LogP contribution in [0.1, 0.15) is 49.8 Å². The SMILES string of the molecule is CCCc1nc(=O)c(-c2ccc(OC(C)C)cc2)c(C)n1Cc1ccc(-c2ccccc2C#N)c(F)c1. The molecular weight excluding hydrogens is 465 g/mol. The second-order valence-corrected chi connectivity index (χ2v) is 9.29. The minimum Gasteiger partial charge on any atom is -0.491 e. The summed E-state index contributed by atoms with van der Waals surface area (Å²) in [5, 5.41) is 9.41. The number of ether oxygens (including phenoxy) is 1. The van der Waals surface area contributed by atoms with Gasteiger partial charge in [-0.15, -0.1) is 0 Å². The van der Waals surface area contributed by atoms with Gasteiger partial charge in [0.15, 0.2) is 0 Å². The fraction of sp³-hybridized carbons (Fsp3) is 0.258. The van der Waals surface area contributed by atoms with Crippen LogP contribution in [0, 0.1) is 24.1 Å². The molecule has 188 valence electrons. The Kier molecular flexibility index (Phi) is 7.83. The molecule has 4 rings (SSSR count). The molecule has 0 unspecified atom stereocenters. The van der Waals surface area contributed by atoms with Crippen molar-refractivity contribution in [3.63, 3.8) is 0 Å². The smallest absolute Gasteiger partial charge is 0.281 e. The third-order valence-electron chi connectivity index (χ3n) is 6.22. The topological polar surface area (TPSA) is 67.9 Å². The van der Waals surface area contributed by atoms with E-state index in [1.165, 1.54) is 6.07 Å². The van der Waals surface area contributed by atoms with E-state index < -0.39 is 5.82 Å². The fourth-order valence-corrected chi connectivity index (χ4v) is 4.52. The van der Waals surface area contributed by atoms with E-state index in [2.05, 4.69) is 11.1 Å². The maximum absolute atomic E-state index is 15.2. The van der Waals surface area contributed by atoms with Gasteiger partial charge in [0.05, 0.1) is 23.3 Å². The van der Waals surface area contributed by atoms with E-state index in [1.807, 2.05) is 62.6 Å². The molecule has 0 aliphatic rings. The molecule has 0 atom stereocenters. The summed E-state index contributed by atoms with van der Waals surface area (Å²) < 4.78 is 23.0. The molecule has 0 saturated carbocycles. The Hall–Kier alpha value is -4.24. The van der Waals surface area contributed by atoms with Crippen LogP contribution in [0.5, 0.6) is 5.75 Å². The van der Waals surface area contributed by atoms with Crippen LogP contribution in [-0.2, 0) is 13.0 Å². The van der Waals surface area contributed by atoms with Gasteiger partial charge in [0, 0.05) is 29.8 Å². The summed E-state index contributed by atoms with van der Waals surface area (Å²) in [7, 11) is 0. The molecule has 4 aromatic rings.